The van der Waals surface area contributed by atoms with Crippen molar-refractivity contribution in [3.63, 3.8) is 0 Å². The summed E-state index contributed by atoms with van der Waals surface area (Å²) in [6.07, 6.45) is 0. The number of nitrogens with one attached hydrogen (secondary N) is 2. The van der Waals surface area contributed by atoms with E-state index in [4.69, 9.17) is 15.7 Å². The molecule has 0 aromatic heterocycles. The molecule has 1 fully saturated rings. The second kappa shape index (κ2) is 11.9. The molecule has 1 aliphatic heterocycles. The normalized spacial score (nSPS) is 14.5. The molecule has 0 spiro atoms. The Morgan fingerprint density at radius 1 is 1.03 bits per heavy atom. The zero-order valence-electron chi connectivity index (χ0n) is 18.0. The molecule has 2 aromatic rings. The lowest BCUT2D eigenvalue weighted by atomic mass is 10.1. The molecule has 1 saturated heterocycles. The molecule has 1 aliphatic rings. The molecule has 3 rings (SSSR count). The fraction of sp³-hybridized carbons (Fsp3) is 0.292. The van der Waals surface area contributed by atoms with Crippen LogP contribution in [0.25, 0.3) is 0 Å². The molecule has 2 aromatic carbocycles. The van der Waals surface area contributed by atoms with Crippen molar-refractivity contribution in [1.29, 1.82) is 0 Å². The molecule has 1 heterocycles. The molecule has 9 heteroatoms. The van der Waals surface area contributed by atoms with Gasteiger partial charge in [0, 0.05) is 42.9 Å². The zero-order chi connectivity index (χ0) is 23.6. The van der Waals surface area contributed by atoms with Gasteiger partial charge in [-0.25, -0.2) is 5.48 Å². The van der Waals surface area contributed by atoms with Crippen LogP contribution < -0.4 is 16.5 Å². The van der Waals surface area contributed by atoms with Gasteiger partial charge in [-0.05, 0) is 47.9 Å². The maximum atomic E-state index is 12.4. The van der Waals surface area contributed by atoms with E-state index >= 15 is 0 Å². The Labute approximate surface area is 191 Å². The number of hydroxylamine groups is 1. The quantitative estimate of drug-likeness (QED) is 0.207. The maximum absolute atomic E-state index is 12.4. The van der Waals surface area contributed by atoms with Crippen molar-refractivity contribution in [2.75, 3.05) is 32.8 Å². The topological polar surface area (TPSA) is 134 Å². The number of hydrogen-bond acceptors (Lipinski definition) is 7. The lowest BCUT2D eigenvalue weighted by Crippen LogP contribution is -2.50. The first-order valence-corrected chi connectivity index (χ1v) is 10.5. The third-order valence-electron chi connectivity index (χ3n) is 5.16. The van der Waals surface area contributed by atoms with E-state index in [1.54, 1.807) is 0 Å². The number of carbonyl (C=O) groups excluding carboxylic acids is 3. The Morgan fingerprint density at radius 2 is 1.67 bits per heavy atom. The fourth-order valence-corrected chi connectivity index (χ4v) is 3.24. The predicted octanol–water partition coefficient (Wildman–Crippen LogP) is 0.316. The van der Waals surface area contributed by atoms with Crippen LogP contribution in [0.4, 0.5) is 0 Å². The summed E-state index contributed by atoms with van der Waals surface area (Å²) in [5.41, 5.74) is 9.35. The summed E-state index contributed by atoms with van der Waals surface area (Å²) in [5, 5.41) is 11.1. The van der Waals surface area contributed by atoms with Crippen LogP contribution in [0.2, 0.25) is 0 Å². The number of hydrogen-bond donors (Lipinski definition) is 4. The van der Waals surface area contributed by atoms with Crippen LogP contribution in [-0.2, 0) is 16.1 Å². The van der Waals surface area contributed by atoms with Gasteiger partial charge in [0.05, 0.1) is 13.2 Å². The number of morpholine rings is 1. The molecule has 0 saturated carbocycles. The number of rotatable bonds is 7. The largest absolute Gasteiger partial charge is 0.379 e. The minimum Gasteiger partial charge on any atom is -0.379 e. The van der Waals surface area contributed by atoms with Crippen LogP contribution in [0.5, 0.6) is 0 Å². The lowest BCUT2D eigenvalue weighted by molar-refractivity contribution is -0.130. The molecule has 1 atom stereocenters. The Morgan fingerprint density at radius 3 is 2.27 bits per heavy atom. The molecule has 9 nitrogen and oxygen atoms in total. The number of nitrogens with zero attached hydrogens (tertiary/aromatic N) is 1. The smallest absolute Gasteiger partial charge is 0.267 e. The summed E-state index contributed by atoms with van der Waals surface area (Å²) in [4.78, 5) is 38.4. The summed E-state index contributed by atoms with van der Waals surface area (Å²) in [6.45, 7) is 4.02. The molecular formula is C24H26N4O5. The average molecular weight is 450 g/mol. The van der Waals surface area contributed by atoms with E-state index in [2.05, 4.69) is 22.1 Å². The van der Waals surface area contributed by atoms with E-state index in [0.717, 1.165) is 38.4 Å². The molecule has 5 N–H and O–H groups in total. The summed E-state index contributed by atoms with van der Waals surface area (Å²) in [6, 6.07) is 12.6. The van der Waals surface area contributed by atoms with Crippen LogP contribution in [0.15, 0.2) is 48.5 Å². The first-order valence-electron chi connectivity index (χ1n) is 10.5. The molecule has 33 heavy (non-hydrogen) atoms. The van der Waals surface area contributed by atoms with E-state index in [9.17, 15) is 14.4 Å². The highest BCUT2D eigenvalue weighted by molar-refractivity contribution is 6.09. The van der Waals surface area contributed by atoms with E-state index < -0.39 is 17.9 Å². The summed E-state index contributed by atoms with van der Waals surface area (Å²) in [5.74, 6) is 3.73. The number of ketones is 1. The number of Topliss-reactive ketones (excluding diaryl/α,β-unsaturated/α-hetero) is 1. The van der Waals surface area contributed by atoms with Crippen LogP contribution in [0, 0.1) is 11.8 Å². The first kappa shape index (κ1) is 24.1. The predicted molar refractivity (Wildman–Crippen MR) is 120 cm³/mol. The summed E-state index contributed by atoms with van der Waals surface area (Å²) < 4.78 is 5.36. The highest BCUT2D eigenvalue weighted by Crippen LogP contribution is 2.09. The van der Waals surface area contributed by atoms with Gasteiger partial charge in [0.25, 0.3) is 11.8 Å². The third kappa shape index (κ3) is 6.97. The van der Waals surface area contributed by atoms with Gasteiger partial charge in [-0.1, -0.05) is 18.1 Å². The van der Waals surface area contributed by atoms with Crippen molar-refractivity contribution in [2.45, 2.75) is 12.6 Å². The standard InChI is InChI=1S/C24H26N4O5/c25-15-21(24(31)27-32)26-23(30)20-8-6-19(7-9-20)22(29)10-5-17-1-3-18(4-2-17)16-28-11-13-33-14-12-28/h1-4,6-9,21,32H,11-16,25H2,(H,26,30)(H,27,31). The summed E-state index contributed by atoms with van der Waals surface area (Å²) >= 11 is 0. The molecular weight excluding hydrogens is 424 g/mol. The Balaban J connectivity index is 1.57. The fourth-order valence-electron chi connectivity index (χ4n) is 3.24. The van der Waals surface area contributed by atoms with Crippen molar-refractivity contribution in [1.82, 2.24) is 15.7 Å². The van der Waals surface area contributed by atoms with E-state index in [-0.39, 0.29) is 17.9 Å². The highest BCUT2D eigenvalue weighted by Gasteiger charge is 2.19. The molecule has 0 radical (unpaired) electrons. The number of carbonyl (C=O) groups is 3. The molecule has 172 valence electrons. The van der Waals surface area contributed by atoms with Crippen molar-refractivity contribution in [3.05, 3.63) is 70.8 Å². The molecule has 1 unspecified atom stereocenters. The lowest BCUT2D eigenvalue weighted by Gasteiger charge is -2.26. The minimum atomic E-state index is -1.07. The van der Waals surface area contributed by atoms with Gasteiger partial charge in [0.1, 0.15) is 6.04 Å². The molecule has 0 aliphatic carbocycles. The Bertz CT molecular complexity index is 1040. The monoisotopic (exact) mass is 450 g/mol. The Kier molecular flexibility index (Phi) is 8.69. The minimum absolute atomic E-state index is 0.182. The van der Waals surface area contributed by atoms with Crippen LogP contribution in [0.1, 0.15) is 31.8 Å². The maximum Gasteiger partial charge on any atom is 0.267 e. The highest BCUT2D eigenvalue weighted by atomic mass is 16.5. The zero-order valence-corrected chi connectivity index (χ0v) is 18.0. The summed E-state index contributed by atoms with van der Waals surface area (Å²) in [7, 11) is 0. The van der Waals surface area contributed by atoms with Gasteiger partial charge < -0.3 is 15.8 Å². The van der Waals surface area contributed by atoms with Gasteiger partial charge in [0.2, 0.25) is 5.78 Å². The number of benzene rings is 2. The van der Waals surface area contributed by atoms with E-state index in [1.165, 1.54) is 35.3 Å². The Hall–Kier alpha value is -3.55. The van der Waals surface area contributed by atoms with Gasteiger partial charge in [-0.2, -0.15) is 0 Å². The van der Waals surface area contributed by atoms with Crippen molar-refractivity contribution in [2.24, 2.45) is 5.73 Å². The van der Waals surface area contributed by atoms with Crippen LogP contribution >= 0.6 is 0 Å². The number of amides is 2. The van der Waals surface area contributed by atoms with Gasteiger partial charge in [0.15, 0.2) is 0 Å². The SMILES string of the molecule is NCC(NC(=O)c1ccc(C(=O)C#Cc2ccc(CN3CCOCC3)cc2)cc1)C(=O)NO. The van der Waals surface area contributed by atoms with Crippen LogP contribution in [0.3, 0.4) is 0 Å². The van der Waals surface area contributed by atoms with Crippen molar-refractivity contribution >= 4 is 17.6 Å². The average Bonchev–Trinajstić information content (AvgIpc) is 2.86. The number of nitrogens with two attached hydrogens (primary N) is 1. The second-order valence-corrected chi connectivity index (χ2v) is 7.48. The van der Waals surface area contributed by atoms with Crippen LogP contribution in [-0.4, -0.2) is 66.6 Å². The van der Waals surface area contributed by atoms with Crippen molar-refractivity contribution in [3.8, 4) is 11.8 Å². The third-order valence-corrected chi connectivity index (χ3v) is 5.16. The van der Waals surface area contributed by atoms with Crippen molar-refractivity contribution < 1.29 is 24.3 Å². The number of ether oxygens (including phenoxy) is 1. The van der Waals surface area contributed by atoms with E-state index in [0.29, 0.717) is 5.56 Å². The van der Waals surface area contributed by atoms with Gasteiger partial charge in [-0.3, -0.25) is 24.5 Å². The van der Waals surface area contributed by atoms with E-state index in [1.807, 2.05) is 24.3 Å². The second-order valence-electron chi connectivity index (χ2n) is 7.48. The molecule has 2 amide bonds. The van der Waals surface area contributed by atoms with Gasteiger partial charge >= 0.3 is 0 Å². The first-order chi connectivity index (χ1) is 16.0. The van der Waals surface area contributed by atoms with Gasteiger partial charge in [-0.15, -0.1) is 0 Å². The molecule has 0 bridgehead atoms.